The van der Waals surface area contributed by atoms with Gasteiger partial charge in [-0.25, -0.2) is 4.39 Å². The van der Waals surface area contributed by atoms with Gasteiger partial charge in [0.2, 0.25) is 5.91 Å². The quantitative estimate of drug-likeness (QED) is 0.643. The van der Waals surface area contributed by atoms with E-state index in [4.69, 9.17) is 4.74 Å². The predicted molar refractivity (Wildman–Crippen MR) is 122 cm³/mol. The minimum absolute atomic E-state index is 0.0353. The molecule has 1 unspecified atom stereocenters. The Morgan fingerprint density at radius 1 is 1.13 bits per heavy atom. The van der Waals surface area contributed by atoms with Crippen LogP contribution in [0.2, 0.25) is 0 Å². The van der Waals surface area contributed by atoms with Crippen LogP contribution >= 0.6 is 0 Å². The third-order valence-corrected chi connectivity index (χ3v) is 6.69. The first kappa shape index (κ1) is 21.8. The van der Waals surface area contributed by atoms with Crippen molar-refractivity contribution in [2.45, 2.75) is 71.2 Å². The van der Waals surface area contributed by atoms with Crippen molar-refractivity contribution in [2.75, 3.05) is 11.4 Å². The first-order chi connectivity index (χ1) is 14.8. The molecule has 0 bridgehead atoms. The minimum atomic E-state index is -0.297. The summed E-state index contributed by atoms with van der Waals surface area (Å²) in [6.45, 7) is 10.1. The third kappa shape index (κ3) is 4.47. The molecule has 166 valence electrons. The average molecular weight is 425 g/mol. The number of amides is 1. The number of hydrogen-bond acceptors (Lipinski definition) is 3. The van der Waals surface area contributed by atoms with Gasteiger partial charge in [-0.3, -0.25) is 9.69 Å². The van der Waals surface area contributed by atoms with Gasteiger partial charge < -0.3 is 9.64 Å². The molecule has 2 fully saturated rings. The van der Waals surface area contributed by atoms with Crippen LogP contribution < -0.4 is 9.64 Å². The monoisotopic (exact) mass is 424 g/mol. The highest BCUT2D eigenvalue weighted by molar-refractivity contribution is 5.99. The highest BCUT2D eigenvalue weighted by Crippen LogP contribution is 2.46. The second-order valence-electron chi connectivity index (χ2n) is 9.57. The molecule has 3 atom stereocenters. The zero-order valence-corrected chi connectivity index (χ0v) is 19.0. The van der Waals surface area contributed by atoms with Gasteiger partial charge in [-0.2, -0.15) is 0 Å². The zero-order chi connectivity index (χ0) is 22.2. The van der Waals surface area contributed by atoms with E-state index in [1.807, 2.05) is 43.9 Å². The number of carbonyl (C=O) groups excluding carboxylic acids is 1. The lowest BCUT2D eigenvalue weighted by atomic mass is 9.79. The molecule has 4 rings (SSSR count). The van der Waals surface area contributed by atoms with Crippen LogP contribution in [0.5, 0.6) is 5.75 Å². The Hall–Kier alpha value is -2.40. The van der Waals surface area contributed by atoms with Crippen LogP contribution in [-0.4, -0.2) is 35.0 Å². The zero-order valence-electron chi connectivity index (χ0n) is 19.0. The van der Waals surface area contributed by atoms with E-state index in [0.717, 1.165) is 38.1 Å². The molecule has 1 amide bonds. The summed E-state index contributed by atoms with van der Waals surface area (Å²) in [6, 6.07) is 15.1. The minimum Gasteiger partial charge on any atom is -0.491 e. The van der Waals surface area contributed by atoms with Gasteiger partial charge in [-0.1, -0.05) is 25.1 Å². The van der Waals surface area contributed by atoms with Crippen molar-refractivity contribution >= 4 is 11.6 Å². The Morgan fingerprint density at radius 3 is 2.61 bits per heavy atom. The van der Waals surface area contributed by atoms with Gasteiger partial charge in [0.1, 0.15) is 11.6 Å². The first-order valence-electron chi connectivity index (χ1n) is 11.4. The summed E-state index contributed by atoms with van der Waals surface area (Å²) in [7, 11) is 0. The van der Waals surface area contributed by atoms with Crippen molar-refractivity contribution in [2.24, 2.45) is 5.92 Å². The van der Waals surface area contributed by atoms with Crippen molar-refractivity contribution in [3.8, 4) is 5.75 Å². The van der Waals surface area contributed by atoms with Crippen molar-refractivity contribution in [3.05, 3.63) is 59.9 Å². The molecule has 2 aromatic rings. The highest BCUT2D eigenvalue weighted by Gasteiger charge is 2.52. The smallest absolute Gasteiger partial charge is 0.230 e. The van der Waals surface area contributed by atoms with E-state index in [0.29, 0.717) is 11.7 Å². The molecule has 2 aromatic carbocycles. The Kier molecular flexibility index (Phi) is 6.07. The van der Waals surface area contributed by atoms with Crippen molar-refractivity contribution in [1.82, 2.24) is 4.90 Å². The number of ether oxygens (including phenoxy) is 1. The standard InChI is InChI=1S/C26H33FN2O2/c1-18(2)31-24-10-5-7-21(13-24)17-28-12-11-26(16-20(28)4)15-19(3)25(30)29(26)23-9-6-8-22(27)14-23/h5-10,13-14,18-20H,11-12,15-17H2,1-4H3/t19?,20-,26-/m0/s1. The van der Waals surface area contributed by atoms with Gasteiger partial charge in [0.05, 0.1) is 11.6 Å². The molecule has 2 aliphatic rings. The molecular weight excluding hydrogens is 391 g/mol. The van der Waals surface area contributed by atoms with Crippen LogP contribution in [-0.2, 0) is 11.3 Å². The van der Waals surface area contributed by atoms with Crippen LogP contribution in [0.3, 0.4) is 0 Å². The molecule has 0 aliphatic carbocycles. The molecule has 0 saturated carbocycles. The van der Waals surface area contributed by atoms with Gasteiger partial charge in [-0.05, 0) is 75.9 Å². The van der Waals surface area contributed by atoms with E-state index >= 15 is 0 Å². The highest BCUT2D eigenvalue weighted by atomic mass is 19.1. The molecule has 31 heavy (non-hydrogen) atoms. The summed E-state index contributed by atoms with van der Waals surface area (Å²) in [5.41, 5.74) is 1.69. The van der Waals surface area contributed by atoms with E-state index in [9.17, 15) is 9.18 Å². The molecule has 2 saturated heterocycles. The van der Waals surface area contributed by atoms with E-state index in [1.54, 1.807) is 6.07 Å². The molecule has 4 nitrogen and oxygen atoms in total. The third-order valence-electron chi connectivity index (χ3n) is 6.69. The Labute approximate surface area is 185 Å². The normalized spacial score (nSPS) is 26.8. The largest absolute Gasteiger partial charge is 0.491 e. The predicted octanol–water partition coefficient (Wildman–Crippen LogP) is 5.41. The van der Waals surface area contributed by atoms with E-state index in [2.05, 4.69) is 24.0 Å². The average Bonchev–Trinajstić information content (AvgIpc) is 2.93. The maximum atomic E-state index is 13.9. The Morgan fingerprint density at radius 2 is 1.90 bits per heavy atom. The maximum Gasteiger partial charge on any atom is 0.230 e. The van der Waals surface area contributed by atoms with Gasteiger partial charge in [-0.15, -0.1) is 0 Å². The molecule has 0 N–H and O–H groups in total. The summed E-state index contributed by atoms with van der Waals surface area (Å²) in [4.78, 5) is 17.5. The number of carbonyl (C=O) groups is 1. The molecule has 5 heteroatoms. The van der Waals surface area contributed by atoms with E-state index < -0.39 is 0 Å². The van der Waals surface area contributed by atoms with Crippen LogP contribution in [0.25, 0.3) is 0 Å². The number of benzene rings is 2. The number of hydrogen-bond donors (Lipinski definition) is 0. The fourth-order valence-corrected chi connectivity index (χ4v) is 5.42. The molecule has 1 spiro atoms. The van der Waals surface area contributed by atoms with Crippen LogP contribution in [0.15, 0.2) is 48.5 Å². The number of halogens is 1. The van der Waals surface area contributed by atoms with Gasteiger partial charge in [0.25, 0.3) is 0 Å². The first-order valence-corrected chi connectivity index (χ1v) is 11.4. The van der Waals surface area contributed by atoms with Crippen molar-refractivity contribution in [3.63, 3.8) is 0 Å². The fourth-order valence-electron chi connectivity index (χ4n) is 5.42. The van der Waals surface area contributed by atoms with Gasteiger partial charge >= 0.3 is 0 Å². The summed E-state index contributed by atoms with van der Waals surface area (Å²) in [6.07, 6.45) is 2.77. The molecular formula is C26H33FN2O2. The van der Waals surface area contributed by atoms with Gasteiger partial charge in [0.15, 0.2) is 0 Å². The fraction of sp³-hybridized carbons (Fsp3) is 0.500. The number of anilines is 1. The van der Waals surface area contributed by atoms with E-state index in [1.165, 1.54) is 17.7 Å². The lowest BCUT2D eigenvalue weighted by molar-refractivity contribution is -0.120. The molecule has 2 aliphatic heterocycles. The lowest BCUT2D eigenvalue weighted by Crippen LogP contribution is -2.56. The summed E-state index contributed by atoms with van der Waals surface area (Å²) < 4.78 is 19.8. The lowest BCUT2D eigenvalue weighted by Gasteiger charge is -2.48. The van der Waals surface area contributed by atoms with Crippen molar-refractivity contribution < 1.29 is 13.9 Å². The Balaban J connectivity index is 1.52. The molecule has 0 radical (unpaired) electrons. The van der Waals surface area contributed by atoms with Gasteiger partial charge in [0, 0.05) is 30.7 Å². The summed E-state index contributed by atoms with van der Waals surface area (Å²) in [5, 5.41) is 0. The number of rotatable bonds is 5. The number of nitrogens with zero attached hydrogens (tertiary/aromatic N) is 2. The second kappa shape index (κ2) is 8.62. The SMILES string of the molecule is CC(C)Oc1cccc(CN2CC[C@]3(CC(C)C(=O)N3c3cccc(F)c3)C[C@@H]2C)c1. The molecule has 2 heterocycles. The summed E-state index contributed by atoms with van der Waals surface area (Å²) >= 11 is 0. The van der Waals surface area contributed by atoms with Crippen LogP contribution in [0, 0.1) is 11.7 Å². The number of likely N-dealkylation sites (tertiary alicyclic amines) is 1. The Bertz CT molecular complexity index is 947. The number of piperidine rings is 1. The molecule has 0 aromatic heterocycles. The second-order valence-corrected chi connectivity index (χ2v) is 9.57. The summed E-state index contributed by atoms with van der Waals surface area (Å²) in [5.74, 6) is 0.687. The van der Waals surface area contributed by atoms with Crippen LogP contribution in [0.1, 0.15) is 52.5 Å². The topological polar surface area (TPSA) is 32.8 Å². The van der Waals surface area contributed by atoms with Crippen LogP contribution in [0.4, 0.5) is 10.1 Å². The maximum absolute atomic E-state index is 13.9. The van der Waals surface area contributed by atoms with E-state index in [-0.39, 0.29) is 29.3 Å². The van der Waals surface area contributed by atoms with Crippen molar-refractivity contribution in [1.29, 1.82) is 0 Å².